The van der Waals surface area contributed by atoms with Gasteiger partial charge in [0.15, 0.2) is 0 Å². The summed E-state index contributed by atoms with van der Waals surface area (Å²) in [6.07, 6.45) is 9.22. The summed E-state index contributed by atoms with van der Waals surface area (Å²) in [5.74, 6) is -0.473. The number of carbonyl (C=O) groups is 3. The molecule has 2 aromatic carbocycles. The molecule has 1 aliphatic heterocycles. The van der Waals surface area contributed by atoms with Gasteiger partial charge in [-0.05, 0) is 42.7 Å². The summed E-state index contributed by atoms with van der Waals surface area (Å²) < 4.78 is 0. The SMILES string of the molecule is CCCCCCCC(=O)N1CCN(C(=O)C(Cc2ccccc2)NC(=O)/C=C/c2ccc([N+](=O)[O-])cc2)CC1C. The first-order chi connectivity index (χ1) is 19.3. The maximum atomic E-state index is 13.6. The molecule has 1 N–H and O–H groups in total. The van der Waals surface area contributed by atoms with E-state index in [0.29, 0.717) is 38.0 Å². The van der Waals surface area contributed by atoms with Crippen LogP contribution in [0, 0.1) is 10.1 Å². The third kappa shape index (κ3) is 9.32. The Morgan fingerprint density at radius 2 is 1.73 bits per heavy atom. The molecule has 0 radical (unpaired) electrons. The lowest BCUT2D eigenvalue weighted by Crippen LogP contribution is -2.59. The summed E-state index contributed by atoms with van der Waals surface area (Å²) in [7, 11) is 0. The Kier molecular flexibility index (Phi) is 11.9. The normalized spacial score (nSPS) is 16.1. The van der Waals surface area contributed by atoms with Crippen molar-refractivity contribution in [3.05, 3.63) is 81.9 Å². The third-order valence-electron chi connectivity index (χ3n) is 7.18. The van der Waals surface area contributed by atoms with E-state index in [0.717, 1.165) is 24.8 Å². The first-order valence-corrected chi connectivity index (χ1v) is 14.1. The predicted molar refractivity (Wildman–Crippen MR) is 155 cm³/mol. The van der Waals surface area contributed by atoms with Crippen molar-refractivity contribution in [2.45, 2.75) is 70.9 Å². The monoisotopic (exact) mass is 548 g/mol. The zero-order chi connectivity index (χ0) is 28.9. The van der Waals surface area contributed by atoms with Crippen molar-refractivity contribution >= 4 is 29.5 Å². The molecule has 9 nitrogen and oxygen atoms in total. The topological polar surface area (TPSA) is 113 Å². The number of rotatable bonds is 13. The number of hydrogen-bond acceptors (Lipinski definition) is 5. The van der Waals surface area contributed by atoms with E-state index in [2.05, 4.69) is 12.2 Å². The van der Waals surface area contributed by atoms with E-state index in [1.54, 1.807) is 23.1 Å². The summed E-state index contributed by atoms with van der Waals surface area (Å²) >= 11 is 0. The highest BCUT2D eigenvalue weighted by Crippen LogP contribution is 2.16. The molecule has 1 saturated heterocycles. The van der Waals surface area contributed by atoms with Crippen LogP contribution < -0.4 is 5.32 Å². The van der Waals surface area contributed by atoms with Crippen LogP contribution in [0.5, 0.6) is 0 Å². The minimum absolute atomic E-state index is 0.0295. The van der Waals surface area contributed by atoms with Crippen LogP contribution in [0.25, 0.3) is 6.08 Å². The van der Waals surface area contributed by atoms with E-state index >= 15 is 0 Å². The molecule has 40 heavy (non-hydrogen) atoms. The van der Waals surface area contributed by atoms with Crippen LogP contribution in [0.2, 0.25) is 0 Å². The Morgan fingerprint density at radius 1 is 1.02 bits per heavy atom. The Hall–Kier alpha value is -4.01. The molecule has 3 amide bonds. The summed E-state index contributed by atoms with van der Waals surface area (Å²) in [6, 6.07) is 14.5. The number of amides is 3. The first kappa shape index (κ1) is 30.5. The van der Waals surface area contributed by atoms with Gasteiger partial charge in [0.05, 0.1) is 4.92 Å². The van der Waals surface area contributed by atoms with Crippen LogP contribution in [0.4, 0.5) is 5.69 Å². The number of benzene rings is 2. The number of nitro groups is 1. The van der Waals surface area contributed by atoms with Crippen LogP contribution >= 0.6 is 0 Å². The molecule has 2 unspecified atom stereocenters. The van der Waals surface area contributed by atoms with E-state index in [1.807, 2.05) is 42.2 Å². The highest BCUT2D eigenvalue weighted by molar-refractivity contribution is 5.95. The molecule has 2 atom stereocenters. The standard InChI is InChI=1S/C31H40N4O5/c1-3-4-5-6-10-13-30(37)34-21-20-33(23-24(34)2)31(38)28(22-26-11-8-7-9-12-26)32-29(36)19-16-25-14-17-27(18-15-25)35(39)40/h7-9,11-12,14-19,24,28H,3-6,10,13,20-23H2,1-2H3,(H,32,36)/b19-16+. The maximum absolute atomic E-state index is 13.6. The van der Waals surface area contributed by atoms with Crippen molar-refractivity contribution in [2.24, 2.45) is 0 Å². The molecule has 0 saturated carbocycles. The molecular weight excluding hydrogens is 508 g/mol. The molecule has 3 rings (SSSR count). The number of nitrogens with zero attached hydrogens (tertiary/aromatic N) is 3. The molecule has 0 bridgehead atoms. The fourth-order valence-electron chi connectivity index (χ4n) is 4.92. The van der Waals surface area contributed by atoms with Crippen molar-refractivity contribution in [1.29, 1.82) is 0 Å². The second-order valence-corrected chi connectivity index (χ2v) is 10.3. The van der Waals surface area contributed by atoms with Crippen molar-refractivity contribution < 1.29 is 19.3 Å². The average molecular weight is 549 g/mol. The van der Waals surface area contributed by atoms with Crippen LogP contribution in [-0.4, -0.2) is 64.2 Å². The van der Waals surface area contributed by atoms with E-state index < -0.39 is 16.9 Å². The number of nitro benzene ring substituents is 1. The summed E-state index contributed by atoms with van der Waals surface area (Å²) in [4.78, 5) is 53.2. The smallest absolute Gasteiger partial charge is 0.269 e. The van der Waals surface area contributed by atoms with Gasteiger partial charge in [-0.3, -0.25) is 24.5 Å². The Balaban J connectivity index is 1.62. The fraction of sp³-hybridized carbons (Fsp3) is 0.452. The number of piperazine rings is 1. The summed E-state index contributed by atoms with van der Waals surface area (Å²) in [6.45, 7) is 5.45. The lowest BCUT2D eigenvalue weighted by molar-refractivity contribution is -0.384. The fourth-order valence-corrected chi connectivity index (χ4v) is 4.92. The number of non-ortho nitro benzene ring substituents is 1. The Bertz CT molecular complexity index is 1170. The summed E-state index contributed by atoms with van der Waals surface area (Å²) in [5, 5.41) is 13.7. The van der Waals surface area contributed by atoms with Gasteiger partial charge < -0.3 is 15.1 Å². The highest BCUT2D eigenvalue weighted by atomic mass is 16.6. The Labute approximate surface area is 236 Å². The van der Waals surface area contributed by atoms with E-state index in [1.165, 1.54) is 31.1 Å². The molecule has 0 aromatic heterocycles. The molecular formula is C31H40N4O5. The zero-order valence-corrected chi connectivity index (χ0v) is 23.5. The average Bonchev–Trinajstić information content (AvgIpc) is 2.95. The van der Waals surface area contributed by atoms with Crippen molar-refractivity contribution in [1.82, 2.24) is 15.1 Å². The van der Waals surface area contributed by atoms with Gasteiger partial charge in [-0.1, -0.05) is 62.9 Å². The van der Waals surface area contributed by atoms with Crippen LogP contribution in [0.15, 0.2) is 60.7 Å². The highest BCUT2D eigenvalue weighted by Gasteiger charge is 2.33. The predicted octanol–water partition coefficient (Wildman–Crippen LogP) is 4.76. The molecule has 1 fully saturated rings. The van der Waals surface area contributed by atoms with Gasteiger partial charge in [0.25, 0.3) is 5.69 Å². The number of carbonyl (C=O) groups excluding carboxylic acids is 3. The lowest BCUT2D eigenvalue weighted by atomic mass is 10.0. The van der Waals surface area contributed by atoms with E-state index in [4.69, 9.17) is 0 Å². The van der Waals surface area contributed by atoms with Crippen molar-refractivity contribution in [2.75, 3.05) is 19.6 Å². The van der Waals surface area contributed by atoms with Crippen LogP contribution in [0.1, 0.15) is 63.5 Å². The quantitative estimate of drug-likeness (QED) is 0.168. The van der Waals surface area contributed by atoms with Gasteiger partial charge >= 0.3 is 0 Å². The van der Waals surface area contributed by atoms with Gasteiger partial charge in [-0.25, -0.2) is 0 Å². The van der Waals surface area contributed by atoms with Gasteiger partial charge in [-0.2, -0.15) is 0 Å². The molecule has 214 valence electrons. The lowest BCUT2D eigenvalue weighted by Gasteiger charge is -2.41. The van der Waals surface area contributed by atoms with Crippen molar-refractivity contribution in [3.8, 4) is 0 Å². The van der Waals surface area contributed by atoms with Crippen LogP contribution in [0.3, 0.4) is 0 Å². The minimum atomic E-state index is -0.774. The van der Waals surface area contributed by atoms with Gasteiger partial charge in [0, 0.05) is 56.7 Å². The number of hydrogen-bond donors (Lipinski definition) is 1. The van der Waals surface area contributed by atoms with E-state index in [-0.39, 0.29) is 23.5 Å². The van der Waals surface area contributed by atoms with Crippen LogP contribution in [-0.2, 0) is 20.8 Å². The van der Waals surface area contributed by atoms with Gasteiger partial charge in [0.1, 0.15) is 6.04 Å². The second-order valence-electron chi connectivity index (χ2n) is 10.3. The maximum Gasteiger partial charge on any atom is 0.269 e. The third-order valence-corrected chi connectivity index (χ3v) is 7.18. The number of unbranched alkanes of at least 4 members (excludes halogenated alkanes) is 4. The first-order valence-electron chi connectivity index (χ1n) is 14.1. The zero-order valence-electron chi connectivity index (χ0n) is 23.5. The molecule has 9 heteroatoms. The summed E-state index contributed by atoms with van der Waals surface area (Å²) in [5.41, 5.74) is 1.52. The molecule has 1 heterocycles. The molecule has 0 aliphatic carbocycles. The Morgan fingerprint density at radius 3 is 2.38 bits per heavy atom. The van der Waals surface area contributed by atoms with Gasteiger partial charge in [-0.15, -0.1) is 0 Å². The number of nitrogens with one attached hydrogen (secondary N) is 1. The second kappa shape index (κ2) is 15.5. The van der Waals surface area contributed by atoms with E-state index in [9.17, 15) is 24.5 Å². The minimum Gasteiger partial charge on any atom is -0.340 e. The molecule has 2 aromatic rings. The van der Waals surface area contributed by atoms with Gasteiger partial charge in [0.2, 0.25) is 17.7 Å². The molecule has 1 aliphatic rings. The largest absolute Gasteiger partial charge is 0.340 e. The van der Waals surface area contributed by atoms with Crippen molar-refractivity contribution in [3.63, 3.8) is 0 Å². The molecule has 0 spiro atoms.